The molecule has 27 heavy (non-hydrogen) atoms. The highest BCUT2D eigenvalue weighted by Gasteiger charge is 2.22. The Morgan fingerprint density at radius 3 is 2.56 bits per heavy atom. The van der Waals surface area contributed by atoms with Gasteiger partial charge in [0.05, 0.1) is 6.10 Å². The van der Waals surface area contributed by atoms with Gasteiger partial charge in [0.2, 0.25) is 5.95 Å². The molecule has 0 amide bonds. The summed E-state index contributed by atoms with van der Waals surface area (Å²) in [6.07, 6.45) is 4.61. The molecule has 2 aromatic rings. The zero-order valence-electron chi connectivity index (χ0n) is 15.9. The Bertz CT molecular complexity index is 718. The molecule has 2 fully saturated rings. The average molecular weight is 367 g/mol. The first kappa shape index (κ1) is 18.2. The number of hydrogen-bond acceptors (Lipinski definition) is 6. The lowest BCUT2D eigenvalue weighted by atomic mass is 10.1. The molecule has 0 spiro atoms. The number of rotatable bonds is 5. The van der Waals surface area contributed by atoms with E-state index >= 15 is 0 Å². The van der Waals surface area contributed by atoms with E-state index in [0.29, 0.717) is 6.54 Å². The number of piperidine rings is 1. The van der Waals surface area contributed by atoms with Crippen LogP contribution in [0.1, 0.15) is 18.4 Å². The van der Waals surface area contributed by atoms with Gasteiger partial charge in [-0.25, -0.2) is 4.98 Å². The lowest BCUT2D eigenvalue weighted by molar-refractivity contribution is 0.154. The van der Waals surface area contributed by atoms with Crippen molar-refractivity contribution in [3.05, 3.63) is 48.2 Å². The second-order valence-electron chi connectivity index (χ2n) is 7.52. The summed E-state index contributed by atoms with van der Waals surface area (Å²) < 4.78 is 0. The van der Waals surface area contributed by atoms with Gasteiger partial charge in [-0.1, -0.05) is 30.3 Å². The van der Waals surface area contributed by atoms with Crippen molar-refractivity contribution in [3.63, 3.8) is 0 Å². The summed E-state index contributed by atoms with van der Waals surface area (Å²) >= 11 is 0. The SMILES string of the molecule is OC1CCCN(c2ccnc(N3CCN(CCc4ccccc4)CC3)n2)C1. The van der Waals surface area contributed by atoms with E-state index in [2.05, 4.69) is 50.0 Å². The van der Waals surface area contributed by atoms with Gasteiger partial charge in [0.15, 0.2) is 0 Å². The van der Waals surface area contributed by atoms with E-state index in [4.69, 9.17) is 4.98 Å². The molecule has 6 heteroatoms. The molecule has 0 radical (unpaired) electrons. The maximum atomic E-state index is 9.92. The largest absolute Gasteiger partial charge is 0.391 e. The van der Waals surface area contributed by atoms with Gasteiger partial charge in [-0.05, 0) is 30.9 Å². The monoisotopic (exact) mass is 367 g/mol. The Morgan fingerprint density at radius 1 is 0.963 bits per heavy atom. The summed E-state index contributed by atoms with van der Waals surface area (Å²) in [7, 11) is 0. The van der Waals surface area contributed by atoms with Crippen molar-refractivity contribution >= 4 is 11.8 Å². The minimum atomic E-state index is -0.245. The van der Waals surface area contributed by atoms with E-state index in [1.165, 1.54) is 5.56 Å². The van der Waals surface area contributed by atoms with Crippen LogP contribution < -0.4 is 9.80 Å². The highest BCUT2D eigenvalue weighted by Crippen LogP contribution is 2.20. The fourth-order valence-electron chi connectivity index (χ4n) is 3.93. The number of nitrogens with zero attached hydrogens (tertiary/aromatic N) is 5. The smallest absolute Gasteiger partial charge is 0.227 e. The van der Waals surface area contributed by atoms with Gasteiger partial charge in [-0.15, -0.1) is 0 Å². The molecular formula is C21H29N5O. The van der Waals surface area contributed by atoms with Gasteiger partial charge in [0, 0.05) is 52.0 Å². The predicted molar refractivity (Wildman–Crippen MR) is 108 cm³/mol. The summed E-state index contributed by atoms with van der Waals surface area (Å²) in [5.74, 6) is 1.75. The lowest BCUT2D eigenvalue weighted by Gasteiger charge is -2.35. The first-order chi connectivity index (χ1) is 13.3. The summed E-state index contributed by atoms with van der Waals surface area (Å²) in [6, 6.07) is 12.6. The van der Waals surface area contributed by atoms with Crippen molar-refractivity contribution in [2.24, 2.45) is 0 Å². The van der Waals surface area contributed by atoms with Gasteiger partial charge in [-0.2, -0.15) is 4.98 Å². The minimum Gasteiger partial charge on any atom is -0.391 e. The number of β-amino-alcohol motifs (C(OH)–C–C–N with tert-alkyl or cyclic N) is 1. The van der Waals surface area contributed by atoms with Crippen molar-refractivity contribution in [2.45, 2.75) is 25.4 Å². The van der Waals surface area contributed by atoms with Crippen LogP contribution in [-0.2, 0) is 6.42 Å². The Kier molecular flexibility index (Phi) is 5.84. The number of piperazine rings is 1. The van der Waals surface area contributed by atoms with Crippen LogP contribution in [0.15, 0.2) is 42.6 Å². The topological polar surface area (TPSA) is 55.7 Å². The second-order valence-corrected chi connectivity index (χ2v) is 7.52. The van der Waals surface area contributed by atoms with Gasteiger partial charge in [-0.3, -0.25) is 4.90 Å². The standard InChI is InChI=1S/C21H29N5O/c27-19-7-4-11-26(17-19)20-8-10-22-21(23-20)25-15-13-24(14-16-25)12-9-18-5-2-1-3-6-18/h1-3,5-6,8,10,19,27H,4,7,9,11-17H2. The normalized spacial score (nSPS) is 21.4. The summed E-state index contributed by atoms with van der Waals surface area (Å²) in [4.78, 5) is 16.3. The van der Waals surface area contributed by atoms with Crippen LogP contribution in [0.2, 0.25) is 0 Å². The fourth-order valence-corrected chi connectivity index (χ4v) is 3.93. The first-order valence-corrected chi connectivity index (χ1v) is 10.1. The molecule has 6 nitrogen and oxygen atoms in total. The van der Waals surface area contributed by atoms with Crippen molar-refractivity contribution in [1.82, 2.24) is 14.9 Å². The van der Waals surface area contributed by atoms with Crippen LogP contribution in [0.4, 0.5) is 11.8 Å². The summed E-state index contributed by atoms with van der Waals surface area (Å²) in [5, 5.41) is 9.92. The Morgan fingerprint density at radius 2 is 1.78 bits per heavy atom. The van der Waals surface area contributed by atoms with E-state index in [0.717, 1.165) is 70.3 Å². The molecule has 0 saturated carbocycles. The number of aliphatic hydroxyl groups excluding tert-OH is 1. The molecule has 1 atom stereocenters. The van der Waals surface area contributed by atoms with E-state index in [-0.39, 0.29) is 6.10 Å². The van der Waals surface area contributed by atoms with E-state index in [1.54, 1.807) is 0 Å². The molecule has 0 bridgehead atoms. The molecular weight excluding hydrogens is 338 g/mol. The number of aliphatic hydroxyl groups is 1. The molecule has 1 unspecified atom stereocenters. The summed E-state index contributed by atoms with van der Waals surface area (Å²) in [5.41, 5.74) is 1.40. The van der Waals surface area contributed by atoms with E-state index in [9.17, 15) is 5.11 Å². The molecule has 1 aromatic heterocycles. The molecule has 4 rings (SSSR count). The maximum Gasteiger partial charge on any atom is 0.227 e. The van der Waals surface area contributed by atoms with Crippen molar-refractivity contribution in [2.75, 3.05) is 55.6 Å². The Hall–Kier alpha value is -2.18. The molecule has 1 aromatic carbocycles. The highest BCUT2D eigenvalue weighted by atomic mass is 16.3. The van der Waals surface area contributed by atoms with Gasteiger partial charge >= 0.3 is 0 Å². The van der Waals surface area contributed by atoms with Crippen LogP contribution in [0, 0.1) is 0 Å². The van der Waals surface area contributed by atoms with Gasteiger partial charge < -0.3 is 14.9 Å². The predicted octanol–water partition coefficient (Wildman–Crippen LogP) is 1.80. The maximum absolute atomic E-state index is 9.92. The third-order valence-electron chi connectivity index (χ3n) is 5.56. The van der Waals surface area contributed by atoms with Crippen LogP contribution in [0.3, 0.4) is 0 Å². The zero-order chi connectivity index (χ0) is 18.5. The van der Waals surface area contributed by atoms with Crippen LogP contribution >= 0.6 is 0 Å². The highest BCUT2D eigenvalue weighted by molar-refractivity contribution is 5.44. The third kappa shape index (κ3) is 4.76. The molecule has 1 N–H and O–H groups in total. The second kappa shape index (κ2) is 8.67. The zero-order valence-corrected chi connectivity index (χ0v) is 15.9. The summed E-state index contributed by atoms with van der Waals surface area (Å²) in [6.45, 7) is 6.74. The lowest BCUT2D eigenvalue weighted by Crippen LogP contribution is -2.47. The Labute approximate surface area is 161 Å². The Balaban J connectivity index is 1.31. The van der Waals surface area contributed by atoms with Gasteiger partial charge in [0.1, 0.15) is 5.82 Å². The fraction of sp³-hybridized carbons (Fsp3) is 0.524. The quantitative estimate of drug-likeness (QED) is 0.870. The van der Waals surface area contributed by atoms with Crippen molar-refractivity contribution < 1.29 is 5.11 Å². The van der Waals surface area contributed by atoms with Crippen LogP contribution in [0.25, 0.3) is 0 Å². The molecule has 3 heterocycles. The minimum absolute atomic E-state index is 0.245. The van der Waals surface area contributed by atoms with Gasteiger partial charge in [0.25, 0.3) is 0 Å². The van der Waals surface area contributed by atoms with Crippen molar-refractivity contribution in [1.29, 1.82) is 0 Å². The first-order valence-electron chi connectivity index (χ1n) is 10.1. The number of hydrogen-bond donors (Lipinski definition) is 1. The van der Waals surface area contributed by atoms with Crippen LogP contribution in [0.5, 0.6) is 0 Å². The van der Waals surface area contributed by atoms with Crippen molar-refractivity contribution in [3.8, 4) is 0 Å². The molecule has 2 aliphatic rings. The average Bonchev–Trinajstić information content (AvgIpc) is 2.73. The molecule has 0 aliphatic carbocycles. The molecule has 144 valence electrons. The third-order valence-corrected chi connectivity index (χ3v) is 5.56. The number of benzene rings is 1. The molecule has 2 saturated heterocycles. The molecule has 2 aliphatic heterocycles. The van der Waals surface area contributed by atoms with E-state index in [1.807, 2.05) is 12.3 Å². The number of anilines is 2. The van der Waals surface area contributed by atoms with E-state index < -0.39 is 0 Å². The number of aromatic nitrogens is 2. The van der Waals surface area contributed by atoms with Crippen LogP contribution in [-0.4, -0.2) is 71.9 Å².